The molecule has 0 N–H and O–H groups in total. The van der Waals surface area contributed by atoms with Crippen molar-refractivity contribution in [2.75, 3.05) is 26.2 Å². The molecule has 1 aromatic rings. The molecule has 1 aromatic carbocycles. The number of ether oxygens (including phenoxy) is 3. The zero-order valence-corrected chi connectivity index (χ0v) is 13.9. The number of benzene rings is 1. The van der Waals surface area contributed by atoms with Crippen molar-refractivity contribution in [3.05, 3.63) is 24.3 Å². The molecule has 0 aliphatic carbocycles. The summed E-state index contributed by atoms with van der Waals surface area (Å²) in [6, 6.07) is 7.36. The third-order valence-corrected chi connectivity index (χ3v) is 4.48. The van der Waals surface area contributed by atoms with E-state index in [1.54, 1.807) is 6.07 Å². The van der Waals surface area contributed by atoms with E-state index in [2.05, 4.69) is 11.8 Å². The second kappa shape index (κ2) is 7.21. The molecule has 23 heavy (non-hydrogen) atoms. The van der Waals surface area contributed by atoms with Gasteiger partial charge in [0.2, 0.25) is 6.10 Å². The average Bonchev–Trinajstić information content (AvgIpc) is 2.56. The van der Waals surface area contributed by atoms with Crippen molar-refractivity contribution in [3.63, 3.8) is 0 Å². The molecule has 126 valence electrons. The van der Waals surface area contributed by atoms with Crippen LogP contribution in [0.15, 0.2) is 24.3 Å². The summed E-state index contributed by atoms with van der Waals surface area (Å²) in [7, 11) is 0. The van der Waals surface area contributed by atoms with Crippen LogP contribution < -0.4 is 9.47 Å². The summed E-state index contributed by atoms with van der Waals surface area (Å²) < 4.78 is 16.8. The monoisotopic (exact) mass is 319 g/mol. The van der Waals surface area contributed by atoms with Crippen LogP contribution in [0.4, 0.5) is 0 Å². The maximum Gasteiger partial charge on any atom is 0.351 e. The van der Waals surface area contributed by atoms with Crippen molar-refractivity contribution in [3.8, 4) is 11.5 Å². The third kappa shape index (κ3) is 4.16. The van der Waals surface area contributed by atoms with Crippen LogP contribution in [0.2, 0.25) is 0 Å². The van der Waals surface area contributed by atoms with Crippen LogP contribution in [0.5, 0.6) is 11.5 Å². The summed E-state index contributed by atoms with van der Waals surface area (Å²) in [6.45, 7) is 7.37. The predicted molar refractivity (Wildman–Crippen MR) is 86.7 cm³/mol. The van der Waals surface area contributed by atoms with Gasteiger partial charge in [0.15, 0.2) is 11.5 Å². The van der Waals surface area contributed by atoms with E-state index in [1.165, 1.54) is 12.8 Å². The highest BCUT2D eigenvalue weighted by atomic mass is 16.6. The van der Waals surface area contributed by atoms with Crippen molar-refractivity contribution in [1.82, 2.24) is 4.90 Å². The van der Waals surface area contributed by atoms with Crippen molar-refractivity contribution in [1.29, 1.82) is 0 Å². The Labute approximate surface area is 137 Å². The van der Waals surface area contributed by atoms with Gasteiger partial charge in [-0.1, -0.05) is 19.1 Å². The fraction of sp³-hybridized carbons (Fsp3) is 0.611. The molecule has 0 unspecified atom stereocenters. The number of carbonyl (C=O) groups is 1. The van der Waals surface area contributed by atoms with E-state index in [1.807, 2.05) is 25.1 Å². The zero-order valence-electron chi connectivity index (χ0n) is 13.9. The molecule has 0 saturated carbocycles. The summed E-state index contributed by atoms with van der Waals surface area (Å²) in [4.78, 5) is 14.6. The topological polar surface area (TPSA) is 48.0 Å². The molecule has 3 rings (SSSR count). The number of hydrogen-bond acceptors (Lipinski definition) is 5. The fourth-order valence-corrected chi connectivity index (χ4v) is 3.06. The number of hydrogen-bond donors (Lipinski definition) is 0. The van der Waals surface area contributed by atoms with E-state index in [4.69, 9.17) is 14.2 Å². The summed E-state index contributed by atoms with van der Waals surface area (Å²) in [5.41, 5.74) is 0. The van der Waals surface area contributed by atoms with Crippen LogP contribution in [0, 0.1) is 5.92 Å². The smallest absolute Gasteiger partial charge is 0.351 e. The average molecular weight is 319 g/mol. The first-order valence-electron chi connectivity index (χ1n) is 8.43. The molecule has 0 aromatic heterocycles. The van der Waals surface area contributed by atoms with Crippen LogP contribution in [-0.4, -0.2) is 49.3 Å². The minimum atomic E-state index is -0.686. The van der Waals surface area contributed by atoms with Crippen LogP contribution in [0.1, 0.15) is 26.7 Å². The molecule has 2 aliphatic rings. The van der Waals surface area contributed by atoms with Gasteiger partial charge in [0, 0.05) is 6.54 Å². The van der Waals surface area contributed by atoms with Gasteiger partial charge in [0.25, 0.3) is 0 Å². The van der Waals surface area contributed by atoms with Crippen LogP contribution in [-0.2, 0) is 9.53 Å². The quantitative estimate of drug-likeness (QED) is 0.798. The summed E-state index contributed by atoms with van der Waals surface area (Å²) >= 11 is 0. The lowest BCUT2D eigenvalue weighted by atomic mass is 9.99. The van der Waals surface area contributed by atoms with Gasteiger partial charge in [-0.3, -0.25) is 4.90 Å². The van der Waals surface area contributed by atoms with Gasteiger partial charge < -0.3 is 14.2 Å². The Balaban J connectivity index is 1.47. The van der Waals surface area contributed by atoms with Gasteiger partial charge in [-0.2, -0.15) is 0 Å². The van der Waals surface area contributed by atoms with Crippen molar-refractivity contribution >= 4 is 5.97 Å². The minimum Gasteiger partial charge on any atom is -0.485 e. The van der Waals surface area contributed by atoms with E-state index in [9.17, 15) is 4.79 Å². The number of para-hydroxylation sites is 2. The molecular formula is C18H25NO4. The first-order valence-corrected chi connectivity index (χ1v) is 8.43. The second-order valence-electron chi connectivity index (χ2n) is 6.59. The Kier molecular flexibility index (Phi) is 5.06. The number of likely N-dealkylation sites (tertiary alicyclic amines) is 1. The summed E-state index contributed by atoms with van der Waals surface area (Å²) in [5, 5.41) is 0. The summed E-state index contributed by atoms with van der Waals surface area (Å²) in [6.07, 6.45) is 1.61. The van der Waals surface area contributed by atoms with Crippen LogP contribution in [0.3, 0.4) is 0 Å². The Hall–Kier alpha value is -1.75. The Morgan fingerprint density at radius 2 is 2.00 bits per heavy atom. The lowest BCUT2D eigenvalue weighted by Gasteiger charge is -2.32. The standard InChI is InChI=1S/C18H25NO4/c1-13-7-9-19(10-8-13)11-14(2)22-18(20)17-12-21-15-5-3-4-6-16(15)23-17/h3-6,13-14,17H,7-12H2,1-2H3/t14-,17+/m0/s1. The molecule has 0 bridgehead atoms. The molecule has 0 radical (unpaired) electrons. The zero-order chi connectivity index (χ0) is 16.2. The highest BCUT2D eigenvalue weighted by Crippen LogP contribution is 2.31. The Morgan fingerprint density at radius 3 is 2.74 bits per heavy atom. The molecule has 5 nitrogen and oxygen atoms in total. The number of fused-ring (bicyclic) bond motifs is 1. The Morgan fingerprint density at radius 1 is 1.30 bits per heavy atom. The predicted octanol–water partition coefficient (Wildman–Crippen LogP) is 2.49. The van der Waals surface area contributed by atoms with E-state index < -0.39 is 6.10 Å². The van der Waals surface area contributed by atoms with E-state index >= 15 is 0 Å². The van der Waals surface area contributed by atoms with Gasteiger partial charge in [-0.25, -0.2) is 4.79 Å². The lowest BCUT2D eigenvalue weighted by molar-refractivity contribution is -0.160. The van der Waals surface area contributed by atoms with Crippen LogP contribution in [0.25, 0.3) is 0 Å². The molecule has 5 heteroatoms. The second-order valence-corrected chi connectivity index (χ2v) is 6.59. The minimum absolute atomic E-state index is 0.142. The van der Waals surface area contributed by atoms with E-state index in [0.717, 1.165) is 25.6 Å². The number of rotatable bonds is 4. The maximum absolute atomic E-state index is 12.3. The van der Waals surface area contributed by atoms with Gasteiger partial charge >= 0.3 is 5.97 Å². The molecule has 0 amide bonds. The lowest BCUT2D eigenvalue weighted by Crippen LogP contribution is -2.43. The molecule has 1 fully saturated rings. The van der Waals surface area contributed by atoms with Gasteiger partial charge in [0.05, 0.1) is 0 Å². The largest absolute Gasteiger partial charge is 0.485 e. The first-order chi connectivity index (χ1) is 11.1. The number of carbonyl (C=O) groups excluding carboxylic acids is 1. The SMILES string of the molecule is CC1CCN(C[C@H](C)OC(=O)[C@H]2COc3ccccc3O2)CC1. The molecule has 2 heterocycles. The van der Waals surface area contributed by atoms with E-state index in [0.29, 0.717) is 11.5 Å². The number of nitrogens with zero attached hydrogens (tertiary/aromatic N) is 1. The third-order valence-electron chi connectivity index (χ3n) is 4.48. The van der Waals surface area contributed by atoms with Crippen molar-refractivity contribution in [2.45, 2.75) is 38.9 Å². The normalized spacial score (nSPS) is 23.3. The fourth-order valence-electron chi connectivity index (χ4n) is 3.06. The Bertz CT molecular complexity index is 540. The molecule has 1 saturated heterocycles. The maximum atomic E-state index is 12.3. The van der Waals surface area contributed by atoms with Gasteiger partial charge in [-0.15, -0.1) is 0 Å². The molecular weight excluding hydrogens is 294 g/mol. The highest BCUT2D eigenvalue weighted by molar-refractivity contribution is 5.76. The van der Waals surface area contributed by atoms with Gasteiger partial charge in [0.1, 0.15) is 12.7 Å². The summed E-state index contributed by atoms with van der Waals surface area (Å²) in [5.74, 6) is 1.72. The van der Waals surface area contributed by atoms with Crippen molar-refractivity contribution < 1.29 is 19.0 Å². The van der Waals surface area contributed by atoms with Gasteiger partial charge in [-0.05, 0) is 50.9 Å². The molecule has 0 spiro atoms. The highest BCUT2D eigenvalue weighted by Gasteiger charge is 2.30. The van der Waals surface area contributed by atoms with Crippen molar-refractivity contribution in [2.24, 2.45) is 5.92 Å². The molecule has 2 atom stereocenters. The number of piperidine rings is 1. The first kappa shape index (κ1) is 16.1. The van der Waals surface area contributed by atoms with Crippen LogP contribution >= 0.6 is 0 Å². The molecule has 2 aliphatic heterocycles. The number of esters is 1. The van der Waals surface area contributed by atoms with E-state index in [-0.39, 0.29) is 18.7 Å².